The molecule has 2 atom stereocenters. The molecule has 0 spiro atoms. The zero-order valence-corrected chi connectivity index (χ0v) is 14.9. The van der Waals surface area contributed by atoms with Crippen molar-refractivity contribution >= 4 is 34.8 Å². The van der Waals surface area contributed by atoms with E-state index >= 15 is 0 Å². The van der Waals surface area contributed by atoms with Crippen molar-refractivity contribution in [2.24, 2.45) is 5.92 Å². The molecule has 2 heterocycles. The van der Waals surface area contributed by atoms with Gasteiger partial charge >= 0.3 is 0 Å². The van der Waals surface area contributed by atoms with E-state index in [-0.39, 0.29) is 30.2 Å². The first-order valence-corrected chi connectivity index (χ1v) is 9.21. The molecule has 6 heteroatoms. The van der Waals surface area contributed by atoms with Crippen LogP contribution in [0, 0.1) is 5.92 Å². The number of hydrogen-bond donors (Lipinski definition) is 1. The van der Waals surface area contributed by atoms with E-state index in [0.717, 1.165) is 10.4 Å². The number of carbonyl (C=O) groups is 2. The summed E-state index contributed by atoms with van der Waals surface area (Å²) < 4.78 is 0. The van der Waals surface area contributed by atoms with Crippen LogP contribution in [0.1, 0.15) is 29.8 Å². The summed E-state index contributed by atoms with van der Waals surface area (Å²) in [5.74, 6) is -0.309. The van der Waals surface area contributed by atoms with E-state index in [0.29, 0.717) is 18.1 Å². The summed E-state index contributed by atoms with van der Waals surface area (Å²) >= 11 is 7.57. The van der Waals surface area contributed by atoms with Gasteiger partial charge in [-0.1, -0.05) is 29.8 Å². The molecule has 24 heavy (non-hydrogen) atoms. The fraction of sp³-hybridized carbons (Fsp3) is 0.333. The highest BCUT2D eigenvalue weighted by molar-refractivity contribution is 7.10. The molecule has 1 saturated heterocycles. The lowest BCUT2D eigenvalue weighted by Gasteiger charge is -2.20. The second-order valence-electron chi connectivity index (χ2n) is 5.84. The molecule has 2 amide bonds. The third-order valence-corrected chi connectivity index (χ3v) is 5.47. The fourth-order valence-corrected chi connectivity index (χ4v) is 3.87. The van der Waals surface area contributed by atoms with E-state index in [9.17, 15) is 9.59 Å². The molecule has 0 bridgehead atoms. The van der Waals surface area contributed by atoms with E-state index in [2.05, 4.69) is 5.32 Å². The van der Waals surface area contributed by atoms with Crippen molar-refractivity contribution in [2.45, 2.75) is 19.4 Å². The van der Waals surface area contributed by atoms with Crippen molar-refractivity contribution in [3.63, 3.8) is 0 Å². The number of amides is 2. The third kappa shape index (κ3) is 3.62. The lowest BCUT2D eigenvalue weighted by Crippen LogP contribution is -2.35. The molecule has 1 N–H and O–H groups in total. The number of nitrogens with zero attached hydrogens (tertiary/aromatic N) is 1. The highest BCUT2D eigenvalue weighted by atomic mass is 35.5. The molecule has 4 nitrogen and oxygen atoms in total. The Morgan fingerprint density at radius 3 is 2.71 bits per heavy atom. The van der Waals surface area contributed by atoms with Crippen LogP contribution >= 0.6 is 22.9 Å². The van der Waals surface area contributed by atoms with E-state index in [1.807, 2.05) is 48.7 Å². The van der Waals surface area contributed by atoms with Crippen molar-refractivity contribution in [2.75, 3.05) is 13.1 Å². The van der Waals surface area contributed by atoms with Crippen molar-refractivity contribution in [1.29, 1.82) is 0 Å². The van der Waals surface area contributed by atoms with Gasteiger partial charge in [0.15, 0.2) is 0 Å². The smallest absolute Gasteiger partial charge is 0.226 e. The Hall–Kier alpha value is -1.85. The predicted octanol–water partition coefficient (Wildman–Crippen LogP) is 3.48. The summed E-state index contributed by atoms with van der Waals surface area (Å²) in [7, 11) is 0. The number of rotatable bonds is 5. The molecule has 2 unspecified atom stereocenters. The van der Waals surface area contributed by atoms with Crippen molar-refractivity contribution in [3.05, 3.63) is 57.2 Å². The SMILES string of the molecule is CCN1CC(C(=O)NC(c2ccc(Cl)cc2)c2cccs2)CC1=O. The lowest BCUT2D eigenvalue weighted by molar-refractivity contribution is -0.129. The first-order chi connectivity index (χ1) is 11.6. The van der Waals surface area contributed by atoms with Gasteiger partial charge in [0.2, 0.25) is 11.8 Å². The minimum absolute atomic E-state index is 0.0526. The van der Waals surface area contributed by atoms with E-state index < -0.39 is 0 Å². The van der Waals surface area contributed by atoms with Gasteiger partial charge < -0.3 is 10.2 Å². The summed E-state index contributed by atoms with van der Waals surface area (Å²) in [5.41, 5.74) is 0.979. The van der Waals surface area contributed by atoms with Crippen LogP contribution in [0.4, 0.5) is 0 Å². The normalized spacial score (nSPS) is 18.7. The molecular formula is C18H19ClN2O2S. The second kappa shape index (κ2) is 7.36. The summed E-state index contributed by atoms with van der Waals surface area (Å²) in [6.45, 7) is 3.08. The molecule has 2 aromatic rings. The molecule has 0 radical (unpaired) electrons. The Balaban J connectivity index is 1.79. The van der Waals surface area contributed by atoms with Gasteiger partial charge in [-0.3, -0.25) is 9.59 Å². The molecule has 0 aliphatic carbocycles. The van der Waals surface area contributed by atoms with Crippen molar-refractivity contribution in [1.82, 2.24) is 10.2 Å². The van der Waals surface area contributed by atoms with Gasteiger partial charge in [0.25, 0.3) is 0 Å². The van der Waals surface area contributed by atoms with Crippen LogP contribution in [0.15, 0.2) is 41.8 Å². The zero-order chi connectivity index (χ0) is 17.1. The average Bonchev–Trinajstić information content (AvgIpc) is 3.23. The van der Waals surface area contributed by atoms with Crippen LogP contribution in [0.5, 0.6) is 0 Å². The number of thiophene rings is 1. The van der Waals surface area contributed by atoms with E-state index in [4.69, 9.17) is 11.6 Å². The van der Waals surface area contributed by atoms with Crippen molar-refractivity contribution < 1.29 is 9.59 Å². The van der Waals surface area contributed by atoms with Crippen molar-refractivity contribution in [3.8, 4) is 0 Å². The predicted molar refractivity (Wildman–Crippen MR) is 96.1 cm³/mol. The van der Waals surface area contributed by atoms with Crippen LogP contribution in [0.2, 0.25) is 5.02 Å². The Bertz CT molecular complexity index is 715. The minimum Gasteiger partial charge on any atom is -0.344 e. The summed E-state index contributed by atoms with van der Waals surface area (Å²) in [4.78, 5) is 27.3. The lowest BCUT2D eigenvalue weighted by atomic mass is 10.0. The van der Waals surface area contributed by atoms with Crippen LogP contribution in [-0.4, -0.2) is 29.8 Å². The number of hydrogen-bond acceptors (Lipinski definition) is 3. The molecule has 1 fully saturated rings. The number of likely N-dealkylation sites (tertiary alicyclic amines) is 1. The Kier molecular flexibility index (Phi) is 5.21. The van der Waals surface area contributed by atoms with Crippen LogP contribution in [-0.2, 0) is 9.59 Å². The topological polar surface area (TPSA) is 49.4 Å². The van der Waals surface area contributed by atoms with Gasteiger partial charge in [0.1, 0.15) is 0 Å². The molecule has 1 aromatic heterocycles. The fourth-order valence-electron chi connectivity index (χ4n) is 2.94. The molecular weight excluding hydrogens is 344 g/mol. The van der Waals surface area contributed by atoms with Crippen LogP contribution in [0.3, 0.4) is 0 Å². The largest absolute Gasteiger partial charge is 0.344 e. The highest BCUT2D eigenvalue weighted by Gasteiger charge is 2.34. The number of carbonyl (C=O) groups excluding carboxylic acids is 2. The van der Waals surface area contributed by atoms with Gasteiger partial charge in [0.05, 0.1) is 12.0 Å². The summed E-state index contributed by atoms with van der Waals surface area (Å²) in [6, 6.07) is 11.2. The first kappa shape index (κ1) is 17.0. The Morgan fingerprint density at radius 2 is 2.12 bits per heavy atom. The number of halogens is 1. The molecule has 3 rings (SSSR count). The maximum Gasteiger partial charge on any atom is 0.226 e. The summed E-state index contributed by atoms with van der Waals surface area (Å²) in [5, 5.41) is 5.76. The second-order valence-corrected chi connectivity index (χ2v) is 7.26. The molecule has 1 aliphatic rings. The molecule has 126 valence electrons. The minimum atomic E-state index is -0.285. The van der Waals surface area contributed by atoms with Gasteiger partial charge in [-0.2, -0.15) is 0 Å². The maximum atomic E-state index is 12.7. The van der Waals surface area contributed by atoms with Gasteiger partial charge in [-0.15, -0.1) is 11.3 Å². The zero-order valence-electron chi connectivity index (χ0n) is 13.4. The number of nitrogens with one attached hydrogen (secondary N) is 1. The number of benzene rings is 1. The van der Waals surface area contributed by atoms with Crippen LogP contribution < -0.4 is 5.32 Å². The highest BCUT2D eigenvalue weighted by Crippen LogP contribution is 2.28. The van der Waals surface area contributed by atoms with Gasteiger partial charge in [-0.05, 0) is 36.1 Å². The van der Waals surface area contributed by atoms with E-state index in [1.54, 1.807) is 16.2 Å². The monoisotopic (exact) mass is 362 g/mol. The molecule has 1 aromatic carbocycles. The van der Waals surface area contributed by atoms with Crippen LogP contribution in [0.25, 0.3) is 0 Å². The maximum absolute atomic E-state index is 12.7. The molecule has 1 aliphatic heterocycles. The quantitative estimate of drug-likeness (QED) is 0.885. The van der Waals surface area contributed by atoms with Gasteiger partial charge in [0, 0.05) is 29.4 Å². The average molecular weight is 363 g/mol. The van der Waals surface area contributed by atoms with Gasteiger partial charge in [-0.25, -0.2) is 0 Å². The molecule has 0 saturated carbocycles. The van der Waals surface area contributed by atoms with E-state index in [1.165, 1.54) is 0 Å². The standard InChI is InChI=1S/C18H19ClN2O2S/c1-2-21-11-13(10-16(21)22)18(23)20-17(15-4-3-9-24-15)12-5-7-14(19)8-6-12/h3-9,13,17H,2,10-11H2,1H3,(H,20,23). The Morgan fingerprint density at radius 1 is 1.38 bits per heavy atom. The Labute approximate surface area is 150 Å². The third-order valence-electron chi connectivity index (χ3n) is 4.28. The summed E-state index contributed by atoms with van der Waals surface area (Å²) in [6.07, 6.45) is 0.289. The first-order valence-electron chi connectivity index (χ1n) is 7.95.